The predicted molar refractivity (Wildman–Crippen MR) is 293 cm³/mol. The summed E-state index contributed by atoms with van der Waals surface area (Å²) in [7, 11) is 0. The minimum Gasteiger partial charge on any atom is -0.332 e. The Morgan fingerprint density at radius 2 is 0.467 bits per heavy atom. The smallest absolute Gasteiger partial charge is 0.242 e. The van der Waals surface area contributed by atoms with Gasteiger partial charge in [-0.05, 0) is 89.0 Å². The molecule has 6 aromatic rings. The van der Waals surface area contributed by atoms with Crippen molar-refractivity contribution in [3.8, 4) is 33.4 Å². The van der Waals surface area contributed by atoms with E-state index in [9.17, 15) is 28.8 Å². The van der Waals surface area contributed by atoms with Crippen molar-refractivity contribution in [1.82, 2.24) is 29.4 Å². The van der Waals surface area contributed by atoms with Gasteiger partial charge in [-0.3, -0.25) is 28.8 Å². The minimum absolute atomic E-state index is 0.0130. The van der Waals surface area contributed by atoms with Gasteiger partial charge in [0.05, 0.1) is 19.6 Å². The molecule has 1 saturated heterocycles. The third-order valence-electron chi connectivity index (χ3n) is 13.3. The Bertz CT molecular complexity index is 2490. The van der Waals surface area contributed by atoms with Crippen molar-refractivity contribution in [3.05, 3.63) is 180 Å². The Balaban J connectivity index is 1.26. The number of amides is 6. The topological polar surface area (TPSA) is 200 Å². The highest BCUT2D eigenvalue weighted by Gasteiger charge is 2.31. The van der Waals surface area contributed by atoms with Crippen LogP contribution in [-0.2, 0) is 48.4 Å². The van der Waals surface area contributed by atoms with Crippen molar-refractivity contribution in [2.45, 2.75) is 38.9 Å². The number of hydrogen-bond donors (Lipinski definition) is 3. The number of rotatable bonds is 18. The average molecular weight is 1010 g/mol. The largest absolute Gasteiger partial charge is 0.332 e. The molecule has 390 valence electrons. The van der Waals surface area contributed by atoms with Gasteiger partial charge in [0.25, 0.3) is 0 Å². The summed E-state index contributed by atoms with van der Waals surface area (Å²) in [6.45, 7) is -1.50. The Kier molecular flexibility index (Phi) is 20.4. The maximum atomic E-state index is 14.8. The van der Waals surface area contributed by atoms with Gasteiger partial charge in [0, 0.05) is 39.3 Å². The van der Waals surface area contributed by atoms with E-state index >= 15 is 0 Å². The lowest BCUT2D eigenvalue weighted by molar-refractivity contribution is -0.150. The standard InChI is InChI=1S/C60H69N9O6/c61-31-10-34-64-40-58(73)67(37-46-19-25-52(26-20-46)49-13-4-1-5-14-49)43-55(70)65(35-11-32-62)41-59(74)69(39-48-23-29-54(30-24-48)51-17-8-3-9-18-51)45-57(72)66(36-12-33-63)42-60(75)68(44-56(64)71)38-47-21-27-53(28-22-47)50-15-6-2-7-16-50/h1-9,13-30H,10-12,31-45,61-63H2. The lowest BCUT2D eigenvalue weighted by atomic mass is 10.0. The molecule has 7 rings (SSSR count). The molecule has 0 unspecified atom stereocenters. The van der Waals surface area contributed by atoms with E-state index in [-0.39, 0.29) is 58.9 Å². The molecule has 0 aliphatic carbocycles. The number of nitrogens with two attached hydrogens (primary N) is 3. The second kappa shape index (κ2) is 27.9. The zero-order valence-electron chi connectivity index (χ0n) is 42.7. The van der Waals surface area contributed by atoms with Gasteiger partial charge in [-0.1, -0.05) is 164 Å². The van der Waals surface area contributed by atoms with Crippen LogP contribution >= 0.6 is 0 Å². The van der Waals surface area contributed by atoms with E-state index in [1.807, 2.05) is 164 Å². The molecular formula is C60H69N9O6. The Hall–Kier alpha value is -7.98. The molecule has 1 heterocycles. The van der Waals surface area contributed by atoms with Crippen LogP contribution in [0, 0.1) is 0 Å². The fourth-order valence-electron chi connectivity index (χ4n) is 8.96. The molecule has 0 aromatic heterocycles. The van der Waals surface area contributed by atoms with E-state index < -0.39 is 74.7 Å². The summed E-state index contributed by atoms with van der Waals surface area (Å²) in [5, 5.41) is 0. The fourth-order valence-corrected chi connectivity index (χ4v) is 8.96. The quantitative estimate of drug-likeness (QED) is 0.0978. The van der Waals surface area contributed by atoms with Crippen LogP contribution in [0.5, 0.6) is 0 Å². The number of carbonyl (C=O) groups excluding carboxylic acids is 6. The maximum absolute atomic E-state index is 14.8. The first-order chi connectivity index (χ1) is 36.5. The normalized spacial score (nSPS) is 14.9. The number of hydrogen-bond acceptors (Lipinski definition) is 9. The van der Waals surface area contributed by atoms with E-state index in [1.165, 1.54) is 29.4 Å². The van der Waals surface area contributed by atoms with Crippen molar-refractivity contribution in [2.75, 3.05) is 78.5 Å². The molecule has 1 aliphatic heterocycles. The summed E-state index contributed by atoms with van der Waals surface area (Å²) in [5.74, 6) is -3.07. The Morgan fingerprint density at radius 1 is 0.267 bits per heavy atom. The molecule has 1 fully saturated rings. The lowest BCUT2D eigenvalue weighted by Gasteiger charge is -2.34. The second-order valence-electron chi connectivity index (χ2n) is 18.8. The van der Waals surface area contributed by atoms with Gasteiger partial charge < -0.3 is 46.6 Å². The zero-order chi connectivity index (χ0) is 52.9. The zero-order valence-corrected chi connectivity index (χ0v) is 42.7. The van der Waals surface area contributed by atoms with E-state index in [4.69, 9.17) is 17.2 Å². The van der Waals surface area contributed by atoms with Gasteiger partial charge in [-0.25, -0.2) is 0 Å². The van der Waals surface area contributed by atoms with Crippen molar-refractivity contribution >= 4 is 35.4 Å². The van der Waals surface area contributed by atoms with Gasteiger partial charge in [0.1, 0.15) is 19.6 Å². The van der Waals surface area contributed by atoms with Gasteiger partial charge in [-0.15, -0.1) is 0 Å². The summed E-state index contributed by atoms with van der Waals surface area (Å²) in [6.07, 6.45) is 1.08. The summed E-state index contributed by atoms with van der Waals surface area (Å²) in [6, 6.07) is 52.7. The molecule has 1 aliphatic rings. The lowest BCUT2D eigenvalue weighted by Crippen LogP contribution is -2.53. The molecule has 75 heavy (non-hydrogen) atoms. The van der Waals surface area contributed by atoms with Crippen molar-refractivity contribution in [1.29, 1.82) is 0 Å². The van der Waals surface area contributed by atoms with E-state index in [0.717, 1.165) is 50.1 Å². The molecule has 6 aromatic carbocycles. The Labute approximate surface area is 440 Å². The first kappa shape index (κ1) is 54.8. The molecule has 6 amide bonds. The summed E-state index contributed by atoms with van der Waals surface area (Å²) in [4.78, 5) is 96.7. The summed E-state index contributed by atoms with van der Waals surface area (Å²) in [5.41, 5.74) is 26.1. The van der Waals surface area contributed by atoms with E-state index in [0.29, 0.717) is 19.3 Å². The molecule has 15 nitrogen and oxygen atoms in total. The second-order valence-corrected chi connectivity index (χ2v) is 18.8. The van der Waals surface area contributed by atoms with Crippen molar-refractivity contribution < 1.29 is 28.8 Å². The summed E-state index contributed by atoms with van der Waals surface area (Å²) >= 11 is 0. The van der Waals surface area contributed by atoms with Crippen LogP contribution in [-0.4, -0.2) is 143 Å². The van der Waals surface area contributed by atoms with Crippen LogP contribution < -0.4 is 17.2 Å². The molecule has 0 bridgehead atoms. The molecule has 0 atom stereocenters. The highest BCUT2D eigenvalue weighted by atomic mass is 16.2. The van der Waals surface area contributed by atoms with Crippen LogP contribution in [0.1, 0.15) is 36.0 Å². The fraction of sp³-hybridized carbons (Fsp3) is 0.300. The van der Waals surface area contributed by atoms with Crippen LogP contribution in [0.2, 0.25) is 0 Å². The predicted octanol–water partition coefficient (Wildman–Crippen LogP) is 5.62. The first-order valence-electron chi connectivity index (χ1n) is 25.7. The van der Waals surface area contributed by atoms with Crippen LogP contribution in [0.15, 0.2) is 164 Å². The first-order valence-corrected chi connectivity index (χ1v) is 25.7. The van der Waals surface area contributed by atoms with E-state index in [1.54, 1.807) is 0 Å². The molecule has 6 N–H and O–H groups in total. The van der Waals surface area contributed by atoms with Crippen LogP contribution in [0.3, 0.4) is 0 Å². The maximum Gasteiger partial charge on any atom is 0.242 e. The molecular weight excluding hydrogens is 943 g/mol. The van der Waals surface area contributed by atoms with Gasteiger partial charge in [-0.2, -0.15) is 0 Å². The molecule has 15 heteroatoms. The third kappa shape index (κ3) is 16.0. The Morgan fingerprint density at radius 3 is 0.693 bits per heavy atom. The molecule has 0 saturated carbocycles. The highest BCUT2D eigenvalue weighted by molar-refractivity contribution is 5.94. The van der Waals surface area contributed by atoms with Crippen molar-refractivity contribution in [3.63, 3.8) is 0 Å². The number of benzene rings is 6. The third-order valence-corrected chi connectivity index (χ3v) is 13.3. The number of nitrogens with zero attached hydrogens (tertiary/aromatic N) is 6. The highest BCUT2D eigenvalue weighted by Crippen LogP contribution is 2.23. The molecule has 0 radical (unpaired) electrons. The van der Waals surface area contributed by atoms with Gasteiger partial charge in [0.2, 0.25) is 35.4 Å². The van der Waals surface area contributed by atoms with Gasteiger partial charge in [0.15, 0.2) is 0 Å². The monoisotopic (exact) mass is 1010 g/mol. The van der Waals surface area contributed by atoms with E-state index in [2.05, 4.69) is 0 Å². The summed E-state index contributed by atoms with van der Waals surface area (Å²) < 4.78 is 0. The number of carbonyl (C=O) groups is 6. The van der Waals surface area contributed by atoms with Gasteiger partial charge >= 0.3 is 0 Å². The SMILES string of the molecule is NCCCN1CC(=O)N(Cc2ccc(-c3ccccc3)cc2)CC(=O)N(CCCN)CC(=O)N(Cc2ccc(-c3ccccc3)cc2)CC(=O)N(CCCN)CC(=O)N(Cc2ccc(-c3ccccc3)cc2)CC1=O. The molecule has 0 spiro atoms. The minimum atomic E-state index is -0.513. The van der Waals surface area contributed by atoms with Crippen LogP contribution in [0.4, 0.5) is 0 Å². The van der Waals surface area contributed by atoms with Crippen molar-refractivity contribution in [2.24, 2.45) is 17.2 Å². The average Bonchev–Trinajstić information content (AvgIpc) is 3.44. The van der Waals surface area contributed by atoms with Crippen LogP contribution in [0.25, 0.3) is 33.4 Å².